The number of alkyl halides is 2. The number of halogens is 2. The standard InChI is InChI=1S/C19H26Cl2N2O3/c1-13-5-6-15(14(11-13)19(2,3)4)26-12-16(24)22-7-9-23(10-8-22)18(25)17(20)21/h5-6,11,17H,7-10,12H2,1-4H3. The van der Waals surface area contributed by atoms with Crippen LogP contribution in [0, 0.1) is 6.92 Å². The normalized spacial score (nSPS) is 15.3. The van der Waals surface area contributed by atoms with E-state index >= 15 is 0 Å². The second-order valence-corrected chi connectivity index (χ2v) is 8.64. The Morgan fingerprint density at radius 2 is 1.69 bits per heavy atom. The molecule has 0 N–H and O–H groups in total. The molecule has 0 atom stereocenters. The lowest BCUT2D eigenvalue weighted by Gasteiger charge is -2.35. The van der Waals surface area contributed by atoms with Crippen LogP contribution in [0.15, 0.2) is 18.2 Å². The third-order valence-corrected chi connectivity index (χ3v) is 4.80. The van der Waals surface area contributed by atoms with Crippen molar-refractivity contribution < 1.29 is 14.3 Å². The smallest absolute Gasteiger partial charge is 0.260 e. The minimum absolute atomic E-state index is 0.0201. The van der Waals surface area contributed by atoms with E-state index in [9.17, 15) is 9.59 Å². The molecule has 1 aromatic rings. The van der Waals surface area contributed by atoms with Gasteiger partial charge in [-0.2, -0.15) is 0 Å². The van der Waals surface area contributed by atoms with Gasteiger partial charge in [-0.1, -0.05) is 61.7 Å². The van der Waals surface area contributed by atoms with Crippen LogP contribution >= 0.6 is 23.2 Å². The largest absolute Gasteiger partial charge is 0.483 e. The number of aryl methyl sites for hydroxylation is 1. The van der Waals surface area contributed by atoms with Crippen LogP contribution in [-0.2, 0) is 15.0 Å². The number of carbonyl (C=O) groups is 2. The highest BCUT2D eigenvalue weighted by molar-refractivity contribution is 6.53. The Kier molecular flexibility index (Phi) is 6.80. The zero-order valence-corrected chi connectivity index (χ0v) is 17.2. The van der Waals surface area contributed by atoms with Gasteiger partial charge in [0.2, 0.25) is 0 Å². The van der Waals surface area contributed by atoms with Crippen molar-refractivity contribution in [3.05, 3.63) is 29.3 Å². The van der Waals surface area contributed by atoms with E-state index in [1.54, 1.807) is 9.80 Å². The fourth-order valence-corrected chi connectivity index (χ4v) is 3.18. The Bertz CT molecular complexity index is 663. The lowest BCUT2D eigenvalue weighted by atomic mass is 9.85. The first-order valence-corrected chi connectivity index (χ1v) is 9.55. The number of carbonyl (C=O) groups excluding carboxylic acids is 2. The number of benzene rings is 1. The van der Waals surface area contributed by atoms with Gasteiger partial charge in [-0.05, 0) is 24.0 Å². The zero-order valence-electron chi connectivity index (χ0n) is 15.7. The molecule has 5 nitrogen and oxygen atoms in total. The lowest BCUT2D eigenvalue weighted by Crippen LogP contribution is -2.52. The first kappa shape index (κ1) is 20.8. The van der Waals surface area contributed by atoms with Crippen molar-refractivity contribution >= 4 is 35.0 Å². The van der Waals surface area contributed by atoms with Crippen molar-refractivity contribution in [3.8, 4) is 5.75 Å². The summed E-state index contributed by atoms with van der Waals surface area (Å²) < 4.78 is 5.83. The van der Waals surface area contributed by atoms with Crippen molar-refractivity contribution in [2.24, 2.45) is 0 Å². The van der Waals surface area contributed by atoms with Gasteiger partial charge in [0.05, 0.1) is 0 Å². The van der Waals surface area contributed by atoms with E-state index in [-0.39, 0.29) is 23.8 Å². The number of rotatable bonds is 4. The summed E-state index contributed by atoms with van der Waals surface area (Å²) in [6, 6.07) is 5.99. The topological polar surface area (TPSA) is 49.9 Å². The van der Waals surface area contributed by atoms with Gasteiger partial charge in [0, 0.05) is 26.2 Å². The molecule has 7 heteroatoms. The SMILES string of the molecule is Cc1ccc(OCC(=O)N2CCN(C(=O)C(Cl)Cl)CC2)c(C(C)(C)C)c1. The molecule has 0 saturated carbocycles. The molecule has 1 saturated heterocycles. The van der Waals surface area contributed by atoms with E-state index in [4.69, 9.17) is 27.9 Å². The van der Waals surface area contributed by atoms with Gasteiger partial charge in [-0.3, -0.25) is 9.59 Å². The van der Waals surface area contributed by atoms with Crippen LogP contribution in [0.1, 0.15) is 31.9 Å². The molecule has 1 aromatic carbocycles. The number of nitrogens with zero attached hydrogens (tertiary/aromatic N) is 2. The maximum atomic E-state index is 12.5. The van der Waals surface area contributed by atoms with Crippen LogP contribution in [0.4, 0.5) is 0 Å². The van der Waals surface area contributed by atoms with Crippen LogP contribution in [-0.4, -0.2) is 59.2 Å². The Morgan fingerprint density at radius 1 is 1.12 bits per heavy atom. The van der Waals surface area contributed by atoms with Gasteiger partial charge in [-0.25, -0.2) is 0 Å². The average molecular weight is 401 g/mol. The third-order valence-electron chi connectivity index (χ3n) is 4.42. The molecule has 0 unspecified atom stereocenters. The molecular weight excluding hydrogens is 375 g/mol. The minimum Gasteiger partial charge on any atom is -0.483 e. The van der Waals surface area contributed by atoms with Gasteiger partial charge in [0.1, 0.15) is 5.75 Å². The summed E-state index contributed by atoms with van der Waals surface area (Å²) in [7, 11) is 0. The van der Waals surface area contributed by atoms with Crippen LogP contribution in [0.5, 0.6) is 5.75 Å². The summed E-state index contributed by atoms with van der Waals surface area (Å²) in [5, 5.41) is 0. The molecular formula is C19H26Cl2N2O3. The van der Waals surface area contributed by atoms with E-state index in [0.717, 1.165) is 16.9 Å². The van der Waals surface area contributed by atoms with Gasteiger partial charge in [-0.15, -0.1) is 0 Å². The molecule has 0 aliphatic carbocycles. The maximum Gasteiger partial charge on any atom is 0.260 e. The van der Waals surface area contributed by atoms with Crippen LogP contribution < -0.4 is 4.74 Å². The van der Waals surface area contributed by atoms with Crippen molar-refractivity contribution in [1.29, 1.82) is 0 Å². The molecule has 0 radical (unpaired) electrons. The molecule has 0 aromatic heterocycles. The van der Waals surface area contributed by atoms with Gasteiger partial charge in [0.15, 0.2) is 11.4 Å². The highest BCUT2D eigenvalue weighted by Gasteiger charge is 2.27. The van der Waals surface area contributed by atoms with E-state index < -0.39 is 4.84 Å². The van der Waals surface area contributed by atoms with Crippen LogP contribution in [0.25, 0.3) is 0 Å². The van der Waals surface area contributed by atoms with E-state index in [1.807, 2.05) is 19.1 Å². The second kappa shape index (κ2) is 8.49. The second-order valence-electron chi connectivity index (χ2n) is 7.55. The molecule has 26 heavy (non-hydrogen) atoms. The maximum absolute atomic E-state index is 12.5. The summed E-state index contributed by atoms with van der Waals surface area (Å²) in [6.45, 7) is 10.1. The summed E-state index contributed by atoms with van der Waals surface area (Å²) in [5.41, 5.74) is 2.16. The highest BCUT2D eigenvalue weighted by Crippen LogP contribution is 2.32. The summed E-state index contributed by atoms with van der Waals surface area (Å²) >= 11 is 11.2. The molecule has 0 bridgehead atoms. The average Bonchev–Trinajstić information content (AvgIpc) is 2.59. The first-order valence-electron chi connectivity index (χ1n) is 8.68. The third kappa shape index (κ3) is 5.27. The summed E-state index contributed by atoms with van der Waals surface area (Å²) in [4.78, 5) is 26.5. The molecule has 1 aliphatic heterocycles. The monoisotopic (exact) mass is 400 g/mol. The Hall–Kier alpha value is -1.46. The van der Waals surface area contributed by atoms with Crippen molar-refractivity contribution in [1.82, 2.24) is 9.80 Å². The Labute approximate surface area is 165 Å². The fraction of sp³-hybridized carbons (Fsp3) is 0.579. The highest BCUT2D eigenvalue weighted by atomic mass is 35.5. The van der Waals surface area contributed by atoms with Crippen molar-refractivity contribution in [2.45, 2.75) is 37.9 Å². The van der Waals surface area contributed by atoms with Gasteiger partial charge >= 0.3 is 0 Å². The molecule has 2 amide bonds. The first-order chi connectivity index (χ1) is 12.1. The quantitative estimate of drug-likeness (QED) is 0.729. The Morgan fingerprint density at radius 3 is 2.23 bits per heavy atom. The van der Waals surface area contributed by atoms with Crippen molar-refractivity contribution in [3.63, 3.8) is 0 Å². The molecule has 1 aliphatic rings. The zero-order chi connectivity index (χ0) is 19.5. The van der Waals surface area contributed by atoms with Crippen LogP contribution in [0.3, 0.4) is 0 Å². The van der Waals surface area contributed by atoms with E-state index in [1.165, 1.54) is 0 Å². The Balaban J connectivity index is 1.93. The van der Waals surface area contributed by atoms with Gasteiger partial charge in [0.25, 0.3) is 11.8 Å². The number of hydrogen-bond donors (Lipinski definition) is 0. The minimum atomic E-state index is -1.06. The lowest BCUT2D eigenvalue weighted by molar-refractivity contribution is -0.139. The fourth-order valence-electron chi connectivity index (χ4n) is 2.90. The number of amides is 2. The molecule has 1 heterocycles. The number of ether oxygens (including phenoxy) is 1. The molecule has 144 valence electrons. The molecule has 0 spiro atoms. The number of piperazine rings is 1. The molecule has 2 rings (SSSR count). The predicted octanol–water partition coefficient (Wildman–Crippen LogP) is 3.15. The van der Waals surface area contributed by atoms with Crippen molar-refractivity contribution in [2.75, 3.05) is 32.8 Å². The summed E-state index contributed by atoms with van der Waals surface area (Å²) in [5.74, 6) is 0.328. The number of hydrogen-bond acceptors (Lipinski definition) is 3. The van der Waals surface area contributed by atoms with Gasteiger partial charge < -0.3 is 14.5 Å². The van der Waals surface area contributed by atoms with Crippen LogP contribution in [0.2, 0.25) is 0 Å². The van der Waals surface area contributed by atoms with E-state index in [0.29, 0.717) is 26.2 Å². The molecule has 1 fully saturated rings. The summed E-state index contributed by atoms with van der Waals surface area (Å²) in [6.07, 6.45) is 0. The predicted molar refractivity (Wildman–Crippen MR) is 104 cm³/mol. The van der Waals surface area contributed by atoms with E-state index in [2.05, 4.69) is 26.8 Å².